The zero-order valence-electron chi connectivity index (χ0n) is 20.8. The smallest absolute Gasteiger partial charge is 0.261 e. The highest BCUT2D eigenvalue weighted by Gasteiger charge is 2.31. The van der Waals surface area contributed by atoms with E-state index in [1.165, 1.54) is 17.0 Å². The molecule has 0 heterocycles. The highest BCUT2D eigenvalue weighted by molar-refractivity contribution is 6.31. The second kappa shape index (κ2) is 13.1. The molecule has 0 radical (unpaired) electrons. The molecule has 2 atom stereocenters. The lowest BCUT2D eigenvalue weighted by Gasteiger charge is -2.32. The van der Waals surface area contributed by atoms with E-state index < -0.39 is 6.04 Å². The van der Waals surface area contributed by atoms with Crippen LogP contribution in [-0.2, 0) is 22.6 Å². The van der Waals surface area contributed by atoms with Crippen LogP contribution < -0.4 is 10.1 Å². The van der Waals surface area contributed by atoms with Gasteiger partial charge >= 0.3 is 0 Å². The molecule has 36 heavy (non-hydrogen) atoms. The van der Waals surface area contributed by atoms with Crippen molar-refractivity contribution in [2.75, 3.05) is 6.61 Å². The van der Waals surface area contributed by atoms with E-state index in [4.69, 9.17) is 16.3 Å². The van der Waals surface area contributed by atoms with E-state index in [1.807, 2.05) is 51.1 Å². The van der Waals surface area contributed by atoms with Crippen molar-refractivity contribution in [3.8, 4) is 5.75 Å². The Balaban J connectivity index is 1.90. The van der Waals surface area contributed by atoms with Crippen LogP contribution in [0.3, 0.4) is 0 Å². The second-order valence-corrected chi connectivity index (χ2v) is 9.28. The topological polar surface area (TPSA) is 58.6 Å². The molecule has 5 nitrogen and oxygen atoms in total. The first-order chi connectivity index (χ1) is 17.3. The Hall–Kier alpha value is -3.38. The lowest BCUT2D eigenvalue weighted by Crippen LogP contribution is -2.53. The summed E-state index contributed by atoms with van der Waals surface area (Å²) in [5, 5.41) is 3.63. The van der Waals surface area contributed by atoms with Gasteiger partial charge in [0.2, 0.25) is 5.91 Å². The summed E-state index contributed by atoms with van der Waals surface area (Å²) in [5.74, 6) is -0.456. The van der Waals surface area contributed by atoms with Gasteiger partial charge in [-0.15, -0.1) is 0 Å². The van der Waals surface area contributed by atoms with Crippen molar-refractivity contribution < 1.29 is 18.7 Å². The fourth-order valence-electron chi connectivity index (χ4n) is 3.72. The molecule has 0 aliphatic heterocycles. The molecular weight excluding hydrogens is 479 g/mol. The van der Waals surface area contributed by atoms with Gasteiger partial charge in [0.25, 0.3) is 5.91 Å². The average Bonchev–Trinajstić information content (AvgIpc) is 2.88. The Morgan fingerprint density at radius 2 is 1.72 bits per heavy atom. The van der Waals surface area contributed by atoms with Gasteiger partial charge in [0.15, 0.2) is 6.61 Å². The fraction of sp³-hybridized carbons (Fsp3) is 0.310. The maximum atomic E-state index is 13.6. The summed E-state index contributed by atoms with van der Waals surface area (Å²) in [4.78, 5) is 28.5. The molecule has 2 amide bonds. The molecule has 0 saturated heterocycles. The van der Waals surface area contributed by atoms with Crippen LogP contribution in [0.1, 0.15) is 37.0 Å². The number of hydrogen-bond donors (Lipinski definition) is 1. The Bertz CT molecular complexity index is 1150. The number of halogens is 2. The first-order valence-corrected chi connectivity index (χ1v) is 12.4. The van der Waals surface area contributed by atoms with Crippen molar-refractivity contribution in [3.05, 3.63) is 100 Å². The molecule has 0 aliphatic rings. The summed E-state index contributed by atoms with van der Waals surface area (Å²) >= 11 is 6.10. The van der Waals surface area contributed by atoms with E-state index in [2.05, 4.69) is 5.32 Å². The molecule has 3 aromatic rings. The number of aryl methyl sites for hydroxylation is 1. The largest absolute Gasteiger partial charge is 0.484 e. The first-order valence-electron chi connectivity index (χ1n) is 12.0. The normalized spacial score (nSPS) is 12.5. The second-order valence-electron chi connectivity index (χ2n) is 8.87. The van der Waals surface area contributed by atoms with Crippen LogP contribution in [0.15, 0.2) is 72.8 Å². The SMILES string of the molecule is CCC(C)NC(=O)C(Cc1ccccc1)N(Cc1ccc(F)cc1)C(=O)COc1ccc(Cl)c(C)c1. The predicted molar refractivity (Wildman–Crippen MR) is 140 cm³/mol. The van der Waals surface area contributed by atoms with Crippen LogP contribution >= 0.6 is 11.6 Å². The summed E-state index contributed by atoms with van der Waals surface area (Å²) in [6.07, 6.45) is 1.09. The number of carbonyl (C=O) groups excluding carboxylic acids is 2. The number of amides is 2. The van der Waals surface area contributed by atoms with Crippen molar-refractivity contribution in [1.29, 1.82) is 0 Å². The monoisotopic (exact) mass is 510 g/mol. The maximum Gasteiger partial charge on any atom is 0.261 e. The minimum Gasteiger partial charge on any atom is -0.484 e. The third kappa shape index (κ3) is 7.82. The summed E-state index contributed by atoms with van der Waals surface area (Å²) in [5.41, 5.74) is 2.47. The van der Waals surface area contributed by atoms with Gasteiger partial charge in [-0.05, 0) is 67.3 Å². The van der Waals surface area contributed by atoms with E-state index in [9.17, 15) is 14.0 Å². The van der Waals surface area contributed by atoms with Gasteiger partial charge in [-0.2, -0.15) is 0 Å². The Labute approximate surface area is 217 Å². The number of nitrogens with zero attached hydrogens (tertiary/aromatic N) is 1. The van der Waals surface area contributed by atoms with Crippen LogP contribution in [0.5, 0.6) is 5.75 Å². The van der Waals surface area contributed by atoms with Crippen LogP contribution in [0.4, 0.5) is 4.39 Å². The summed E-state index contributed by atoms with van der Waals surface area (Å²) in [6.45, 7) is 5.64. The molecule has 7 heteroatoms. The zero-order chi connectivity index (χ0) is 26.1. The van der Waals surface area contributed by atoms with Gasteiger partial charge in [-0.25, -0.2) is 4.39 Å². The lowest BCUT2D eigenvalue weighted by molar-refractivity contribution is -0.143. The number of benzene rings is 3. The molecule has 0 aliphatic carbocycles. The van der Waals surface area contributed by atoms with Crippen LogP contribution in [0.2, 0.25) is 5.02 Å². The number of ether oxygens (including phenoxy) is 1. The molecule has 2 unspecified atom stereocenters. The van der Waals surface area contributed by atoms with E-state index in [-0.39, 0.29) is 36.8 Å². The van der Waals surface area contributed by atoms with Crippen molar-refractivity contribution in [1.82, 2.24) is 10.2 Å². The molecule has 3 rings (SSSR count). The zero-order valence-corrected chi connectivity index (χ0v) is 21.6. The molecule has 0 saturated carbocycles. The number of carbonyl (C=O) groups is 2. The predicted octanol–water partition coefficient (Wildman–Crippen LogP) is 5.72. The number of nitrogens with one attached hydrogen (secondary N) is 1. The highest BCUT2D eigenvalue weighted by atomic mass is 35.5. The molecule has 3 aromatic carbocycles. The molecule has 190 valence electrons. The summed E-state index contributed by atoms with van der Waals surface area (Å²) < 4.78 is 19.3. The quantitative estimate of drug-likeness (QED) is 0.359. The van der Waals surface area contributed by atoms with Crippen LogP contribution in [-0.4, -0.2) is 35.4 Å². The molecule has 1 N–H and O–H groups in total. The van der Waals surface area contributed by atoms with Crippen molar-refractivity contribution >= 4 is 23.4 Å². The number of hydrogen-bond acceptors (Lipinski definition) is 3. The van der Waals surface area contributed by atoms with Crippen LogP contribution in [0, 0.1) is 12.7 Å². The van der Waals surface area contributed by atoms with Crippen molar-refractivity contribution in [2.24, 2.45) is 0 Å². The minimum atomic E-state index is -0.783. The maximum absolute atomic E-state index is 13.6. The Morgan fingerprint density at radius 3 is 2.36 bits per heavy atom. The fourth-order valence-corrected chi connectivity index (χ4v) is 3.83. The van der Waals surface area contributed by atoms with Gasteiger partial charge in [0, 0.05) is 24.0 Å². The van der Waals surface area contributed by atoms with E-state index in [1.54, 1.807) is 30.3 Å². The first kappa shape index (κ1) is 27.2. The van der Waals surface area contributed by atoms with Crippen molar-refractivity contribution in [2.45, 2.75) is 52.2 Å². The molecule has 0 aromatic heterocycles. The average molecular weight is 511 g/mol. The Kier molecular flexibility index (Phi) is 9.88. The van der Waals surface area contributed by atoms with E-state index in [0.29, 0.717) is 22.8 Å². The third-order valence-corrected chi connectivity index (χ3v) is 6.45. The molecule has 0 fully saturated rings. The van der Waals surface area contributed by atoms with Crippen molar-refractivity contribution in [3.63, 3.8) is 0 Å². The lowest BCUT2D eigenvalue weighted by atomic mass is 10.0. The van der Waals surface area contributed by atoms with Crippen LogP contribution in [0.25, 0.3) is 0 Å². The third-order valence-electron chi connectivity index (χ3n) is 6.03. The van der Waals surface area contributed by atoms with E-state index >= 15 is 0 Å². The highest BCUT2D eigenvalue weighted by Crippen LogP contribution is 2.22. The minimum absolute atomic E-state index is 0.0492. The van der Waals surface area contributed by atoms with E-state index in [0.717, 1.165) is 17.5 Å². The van der Waals surface area contributed by atoms with Gasteiger partial charge in [-0.3, -0.25) is 9.59 Å². The number of rotatable bonds is 11. The Morgan fingerprint density at radius 1 is 1.03 bits per heavy atom. The summed E-state index contributed by atoms with van der Waals surface area (Å²) in [7, 11) is 0. The standard InChI is InChI=1S/C29H32ClFN2O3/c1-4-21(3)32-29(35)27(17-22-8-6-5-7-9-22)33(18-23-10-12-24(31)13-11-23)28(34)19-36-25-14-15-26(30)20(2)16-25/h5-16,21,27H,4,17-19H2,1-3H3,(H,32,35). The molecule has 0 spiro atoms. The van der Waals surface area contributed by atoms with Gasteiger partial charge in [0.05, 0.1) is 0 Å². The molecule has 0 bridgehead atoms. The van der Waals surface area contributed by atoms with Gasteiger partial charge < -0.3 is 15.0 Å². The summed E-state index contributed by atoms with van der Waals surface area (Å²) in [6, 6.07) is 19.8. The van der Waals surface area contributed by atoms with Gasteiger partial charge in [0.1, 0.15) is 17.6 Å². The van der Waals surface area contributed by atoms with Gasteiger partial charge in [-0.1, -0.05) is 61.0 Å². The molecular formula is C29H32ClFN2O3.